The first kappa shape index (κ1) is 13.1. The predicted octanol–water partition coefficient (Wildman–Crippen LogP) is 2.35. The number of likely N-dealkylation sites (N-methyl/N-ethyl adjacent to an activating group) is 1. The molecule has 0 aliphatic heterocycles. The Balaban J connectivity index is 2.63. The molecule has 2 rings (SSSR count). The molecule has 1 aromatic rings. The Labute approximate surface area is 109 Å². The molecule has 1 atom stereocenters. The molecule has 0 heterocycles. The van der Waals surface area contributed by atoms with Gasteiger partial charge in [0.1, 0.15) is 5.54 Å². The summed E-state index contributed by atoms with van der Waals surface area (Å²) in [7, 11) is 3.27. The summed E-state index contributed by atoms with van der Waals surface area (Å²) in [6, 6.07) is 8.16. The fraction of sp³-hybridized carbons (Fsp3) is 0.533. The lowest BCUT2D eigenvalue weighted by Crippen LogP contribution is -2.52. The van der Waals surface area contributed by atoms with Gasteiger partial charge >= 0.3 is 5.97 Å². The molecular weight excluding hydrogens is 226 g/mol. The first-order valence-corrected chi connectivity index (χ1v) is 6.35. The van der Waals surface area contributed by atoms with Crippen LogP contribution < -0.4 is 5.32 Å². The minimum atomic E-state index is -0.694. The number of methoxy groups -OCH3 is 1. The summed E-state index contributed by atoms with van der Waals surface area (Å²) in [5.41, 5.74) is 1.69. The second-order valence-corrected chi connectivity index (χ2v) is 5.58. The highest BCUT2D eigenvalue weighted by Crippen LogP contribution is 2.44. The quantitative estimate of drug-likeness (QED) is 0.815. The monoisotopic (exact) mass is 247 g/mol. The Morgan fingerprint density at radius 1 is 1.22 bits per heavy atom. The zero-order valence-electron chi connectivity index (χ0n) is 11.5. The molecule has 0 aromatic heterocycles. The number of ether oxygens (including phenoxy) is 1. The van der Waals surface area contributed by atoms with Crippen molar-refractivity contribution in [3.63, 3.8) is 0 Å². The number of rotatable bonds is 2. The summed E-state index contributed by atoms with van der Waals surface area (Å²) in [5, 5.41) is 3.19. The van der Waals surface area contributed by atoms with Crippen molar-refractivity contribution in [2.75, 3.05) is 14.2 Å². The Morgan fingerprint density at radius 2 is 1.83 bits per heavy atom. The van der Waals surface area contributed by atoms with Crippen LogP contribution in [0.15, 0.2) is 24.3 Å². The Bertz CT molecular complexity index is 467. The third kappa shape index (κ3) is 1.74. The van der Waals surface area contributed by atoms with Crippen LogP contribution >= 0.6 is 0 Å². The summed E-state index contributed by atoms with van der Waals surface area (Å²) in [6.45, 7) is 4.45. The van der Waals surface area contributed by atoms with Crippen LogP contribution in [0.3, 0.4) is 0 Å². The van der Waals surface area contributed by atoms with Crippen molar-refractivity contribution in [1.82, 2.24) is 5.32 Å². The van der Waals surface area contributed by atoms with E-state index in [1.807, 2.05) is 25.2 Å². The number of carbonyl (C=O) groups excluding carboxylic acids is 1. The number of benzene rings is 1. The van der Waals surface area contributed by atoms with E-state index in [1.54, 1.807) is 0 Å². The van der Waals surface area contributed by atoms with Gasteiger partial charge in [0.25, 0.3) is 0 Å². The predicted molar refractivity (Wildman–Crippen MR) is 71.5 cm³/mol. The second-order valence-electron chi connectivity index (χ2n) is 5.58. The minimum absolute atomic E-state index is 0.102. The lowest BCUT2D eigenvalue weighted by atomic mass is 9.65. The molecule has 18 heavy (non-hydrogen) atoms. The standard InChI is InChI=1S/C15H21NO2/c1-14(2)9-10-15(16-3,13(17)18-4)12-8-6-5-7-11(12)14/h5-8,16H,9-10H2,1-4H3. The second kappa shape index (κ2) is 4.39. The molecule has 1 unspecified atom stereocenters. The van der Waals surface area contributed by atoms with Crippen LogP contribution in [-0.4, -0.2) is 20.1 Å². The number of nitrogens with one attached hydrogen (secondary N) is 1. The molecule has 1 aromatic carbocycles. The van der Waals surface area contributed by atoms with Crippen molar-refractivity contribution in [2.45, 2.75) is 37.6 Å². The summed E-state index contributed by atoms with van der Waals surface area (Å²) >= 11 is 0. The number of hydrogen-bond acceptors (Lipinski definition) is 3. The van der Waals surface area contributed by atoms with Crippen molar-refractivity contribution in [1.29, 1.82) is 0 Å². The van der Waals surface area contributed by atoms with Crippen LogP contribution in [0, 0.1) is 0 Å². The van der Waals surface area contributed by atoms with Gasteiger partial charge in [0.05, 0.1) is 7.11 Å². The van der Waals surface area contributed by atoms with E-state index < -0.39 is 5.54 Å². The first-order valence-electron chi connectivity index (χ1n) is 6.35. The molecule has 1 aliphatic rings. The van der Waals surface area contributed by atoms with Crippen molar-refractivity contribution < 1.29 is 9.53 Å². The van der Waals surface area contributed by atoms with Gasteiger partial charge in [0.15, 0.2) is 0 Å². The zero-order chi connectivity index (χ0) is 13.4. The van der Waals surface area contributed by atoms with E-state index in [9.17, 15) is 4.79 Å². The maximum absolute atomic E-state index is 12.2. The maximum atomic E-state index is 12.2. The van der Waals surface area contributed by atoms with Gasteiger partial charge in [-0.25, -0.2) is 4.79 Å². The third-order valence-corrected chi connectivity index (χ3v) is 4.20. The average molecular weight is 247 g/mol. The van der Waals surface area contributed by atoms with E-state index in [-0.39, 0.29) is 11.4 Å². The van der Waals surface area contributed by atoms with Gasteiger partial charge in [-0.1, -0.05) is 38.1 Å². The van der Waals surface area contributed by atoms with E-state index in [0.717, 1.165) is 18.4 Å². The number of hydrogen-bond donors (Lipinski definition) is 1. The van der Waals surface area contributed by atoms with Crippen LogP contribution in [0.4, 0.5) is 0 Å². The largest absolute Gasteiger partial charge is 0.467 e. The highest BCUT2D eigenvalue weighted by atomic mass is 16.5. The fourth-order valence-electron chi connectivity index (χ4n) is 2.96. The van der Waals surface area contributed by atoms with Gasteiger partial charge in [-0.15, -0.1) is 0 Å². The fourth-order valence-corrected chi connectivity index (χ4v) is 2.96. The molecule has 3 heteroatoms. The van der Waals surface area contributed by atoms with E-state index in [0.29, 0.717) is 0 Å². The number of fused-ring (bicyclic) bond motifs is 1. The van der Waals surface area contributed by atoms with Gasteiger partial charge in [-0.05, 0) is 36.4 Å². The molecule has 0 saturated heterocycles. The molecule has 1 aliphatic carbocycles. The highest BCUT2D eigenvalue weighted by Gasteiger charge is 2.47. The van der Waals surface area contributed by atoms with Gasteiger partial charge in [-0.2, -0.15) is 0 Å². The van der Waals surface area contributed by atoms with Gasteiger partial charge in [-0.3, -0.25) is 0 Å². The topological polar surface area (TPSA) is 38.3 Å². The molecular formula is C15H21NO2. The van der Waals surface area contributed by atoms with Gasteiger partial charge in [0.2, 0.25) is 0 Å². The molecule has 1 N–H and O–H groups in total. The molecule has 0 amide bonds. The van der Waals surface area contributed by atoms with Gasteiger partial charge < -0.3 is 10.1 Å². The Morgan fingerprint density at radius 3 is 2.39 bits per heavy atom. The van der Waals surface area contributed by atoms with Crippen molar-refractivity contribution >= 4 is 5.97 Å². The van der Waals surface area contributed by atoms with E-state index in [1.165, 1.54) is 12.7 Å². The molecule has 0 saturated carbocycles. The van der Waals surface area contributed by atoms with Crippen molar-refractivity contribution in [3.8, 4) is 0 Å². The lowest BCUT2D eigenvalue weighted by molar-refractivity contribution is -0.150. The summed E-state index contributed by atoms with van der Waals surface area (Å²) in [4.78, 5) is 12.2. The Hall–Kier alpha value is -1.35. The molecule has 0 radical (unpaired) electrons. The zero-order valence-corrected chi connectivity index (χ0v) is 11.5. The highest BCUT2D eigenvalue weighted by molar-refractivity contribution is 5.83. The van der Waals surface area contributed by atoms with Crippen molar-refractivity contribution in [3.05, 3.63) is 35.4 Å². The van der Waals surface area contributed by atoms with Crippen LogP contribution in [0.25, 0.3) is 0 Å². The van der Waals surface area contributed by atoms with Gasteiger partial charge in [0, 0.05) is 0 Å². The molecule has 0 fully saturated rings. The lowest BCUT2D eigenvalue weighted by Gasteiger charge is -2.43. The summed E-state index contributed by atoms with van der Waals surface area (Å²) < 4.78 is 5.01. The van der Waals surface area contributed by atoms with E-state index in [4.69, 9.17) is 4.74 Å². The SMILES string of the molecule is CNC1(C(=O)OC)CCC(C)(C)c2ccccc21. The van der Waals surface area contributed by atoms with Crippen LogP contribution in [0.5, 0.6) is 0 Å². The van der Waals surface area contributed by atoms with Crippen LogP contribution in [0.1, 0.15) is 37.8 Å². The molecule has 3 nitrogen and oxygen atoms in total. The smallest absolute Gasteiger partial charge is 0.330 e. The van der Waals surface area contributed by atoms with Crippen LogP contribution in [-0.2, 0) is 20.5 Å². The Kier molecular flexibility index (Phi) is 3.20. The van der Waals surface area contributed by atoms with Crippen molar-refractivity contribution in [2.24, 2.45) is 0 Å². The molecule has 0 spiro atoms. The van der Waals surface area contributed by atoms with E-state index in [2.05, 4.69) is 25.2 Å². The number of esters is 1. The summed E-state index contributed by atoms with van der Waals surface area (Å²) in [5.74, 6) is -0.201. The first-order chi connectivity index (χ1) is 8.48. The average Bonchev–Trinajstić information content (AvgIpc) is 2.39. The maximum Gasteiger partial charge on any atom is 0.330 e. The summed E-state index contributed by atoms with van der Waals surface area (Å²) in [6.07, 6.45) is 1.72. The number of carbonyl (C=O) groups is 1. The third-order valence-electron chi connectivity index (χ3n) is 4.20. The minimum Gasteiger partial charge on any atom is -0.467 e. The molecule has 0 bridgehead atoms. The molecule has 98 valence electrons. The normalized spacial score (nSPS) is 25.3. The van der Waals surface area contributed by atoms with E-state index >= 15 is 0 Å². The van der Waals surface area contributed by atoms with Crippen LogP contribution in [0.2, 0.25) is 0 Å².